The quantitative estimate of drug-likeness (QED) is 0.313. The number of carboxylic acids is 1. The highest BCUT2D eigenvalue weighted by molar-refractivity contribution is 9.10. The second-order valence-corrected chi connectivity index (χ2v) is 10.4. The van der Waals surface area contributed by atoms with E-state index in [2.05, 4.69) is 26.6 Å². The number of hydrogen-bond acceptors (Lipinski definition) is 6. The fraction of sp³-hybridized carbons (Fsp3) is 0.385. The normalized spacial score (nSPS) is 12.5. The Morgan fingerprint density at radius 3 is 2.36 bits per heavy atom. The summed E-state index contributed by atoms with van der Waals surface area (Å²) in [7, 11) is 1.51. The molecule has 0 aliphatic heterocycles. The molecule has 2 amide bonds. The minimum atomic E-state index is -1.20. The number of carboxylic acid groups (broad SMARTS) is 1. The van der Waals surface area contributed by atoms with Gasteiger partial charge in [0.15, 0.2) is 5.78 Å². The Balaban J connectivity index is 2.03. The van der Waals surface area contributed by atoms with Crippen LogP contribution in [0.3, 0.4) is 0 Å². The van der Waals surface area contributed by atoms with Crippen molar-refractivity contribution < 1.29 is 29.0 Å². The number of benzene rings is 2. The molecule has 1 unspecified atom stereocenters. The van der Waals surface area contributed by atoms with E-state index in [4.69, 9.17) is 4.74 Å². The molecule has 194 valence electrons. The number of rotatable bonds is 14. The van der Waals surface area contributed by atoms with E-state index in [0.717, 1.165) is 10.0 Å². The molecule has 3 N–H and O–H groups in total. The first-order chi connectivity index (χ1) is 17.1. The highest BCUT2D eigenvalue weighted by Gasteiger charge is 2.30. The van der Waals surface area contributed by atoms with E-state index in [0.29, 0.717) is 17.1 Å². The van der Waals surface area contributed by atoms with Crippen molar-refractivity contribution in [1.82, 2.24) is 10.6 Å². The van der Waals surface area contributed by atoms with Crippen molar-refractivity contribution in [2.45, 2.75) is 44.5 Å². The van der Waals surface area contributed by atoms with Crippen LogP contribution in [0.2, 0.25) is 0 Å². The summed E-state index contributed by atoms with van der Waals surface area (Å²) in [6.45, 7) is 3.52. The molecular weight excluding hydrogens is 548 g/mol. The molecule has 8 nitrogen and oxygen atoms in total. The van der Waals surface area contributed by atoms with Gasteiger partial charge in [-0.2, -0.15) is 0 Å². The van der Waals surface area contributed by atoms with Crippen LogP contribution < -0.4 is 15.4 Å². The number of methoxy groups -OCH3 is 1. The Hall–Kier alpha value is -2.85. The zero-order valence-electron chi connectivity index (χ0n) is 20.5. The van der Waals surface area contributed by atoms with Crippen LogP contribution in [0.15, 0.2) is 53.0 Å². The Kier molecular flexibility index (Phi) is 12.0. The maximum absolute atomic E-state index is 13.0. The SMILES string of the molecule is COc1ccc(Br)cc1CC(=O)N[C@H](C(=O)NC(CC(=O)O)C(=O)CSCc1ccccc1)C(C)C. The molecule has 2 rings (SSSR count). The van der Waals surface area contributed by atoms with Crippen LogP contribution in [0, 0.1) is 5.92 Å². The lowest BCUT2D eigenvalue weighted by atomic mass is 10.0. The van der Waals surface area contributed by atoms with E-state index < -0.39 is 36.3 Å². The monoisotopic (exact) mass is 578 g/mol. The van der Waals surface area contributed by atoms with Crippen molar-refractivity contribution in [3.63, 3.8) is 0 Å². The summed E-state index contributed by atoms with van der Waals surface area (Å²) in [5.74, 6) is -1.72. The number of halogens is 1. The minimum Gasteiger partial charge on any atom is -0.496 e. The van der Waals surface area contributed by atoms with E-state index in [1.807, 2.05) is 30.3 Å². The van der Waals surface area contributed by atoms with Gasteiger partial charge in [-0.05, 0) is 29.7 Å². The van der Waals surface area contributed by atoms with Crippen molar-refractivity contribution in [3.8, 4) is 5.75 Å². The predicted molar refractivity (Wildman–Crippen MR) is 143 cm³/mol. The average Bonchev–Trinajstić information content (AvgIpc) is 2.82. The van der Waals surface area contributed by atoms with Gasteiger partial charge in [-0.3, -0.25) is 19.2 Å². The average molecular weight is 580 g/mol. The molecule has 0 radical (unpaired) electrons. The van der Waals surface area contributed by atoms with Crippen LogP contribution in [-0.4, -0.2) is 53.6 Å². The first-order valence-electron chi connectivity index (χ1n) is 11.4. The van der Waals surface area contributed by atoms with Crippen LogP contribution in [0.5, 0.6) is 5.75 Å². The molecule has 10 heteroatoms. The van der Waals surface area contributed by atoms with Gasteiger partial charge in [0.1, 0.15) is 11.8 Å². The van der Waals surface area contributed by atoms with Gasteiger partial charge in [0.2, 0.25) is 11.8 Å². The van der Waals surface area contributed by atoms with E-state index in [1.54, 1.807) is 32.0 Å². The second kappa shape index (κ2) is 14.6. The second-order valence-electron chi connectivity index (χ2n) is 8.53. The van der Waals surface area contributed by atoms with E-state index >= 15 is 0 Å². The molecule has 0 aromatic heterocycles. The number of hydrogen-bond donors (Lipinski definition) is 3. The standard InChI is InChI=1S/C26H31BrN2O6S/c1-16(2)25(29-23(31)12-18-11-19(27)9-10-22(18)35-3)26(34)28-20(13-24(32)33)21(30)15-36-14-17-7-5-4-6-8-17/h4-11,16,20,25H,12-15H2,1-3H3,(H,28,34)(H,29,31)(H,32,33)/t20?,25-/m0/s1. The number of aliphatic carboxylic acids is 1. The zero-order valence-corrected chi connectivity index (χ0v) is 22.9. The lowest BCUT2D eigenvalue weighted by Crippen LogP contribution is -2.54. The van der Waals surface area contributed by atoms with Crippen molar-refractivity contribution >= 4 is 51.3 Å². The summed E-state index contributed by atoms with van der Waals surface area (Å²) in [4.78, 5) is 49.9. The molecule has 0 saturated carbocycles. The van der Waals surface area contributed by atoms with E-state index in [9.17, 15) is 24.3 Å². The van der Waals surface area contributed by atoms with Gasteiger partial charge >= 0.3 is 5.97 Å². The maximum Gasteiger partial charge on any atom is 0.305 e. The van der Waals surface area contributed by atoms with E-state index in [-0.39, 0.29) is 23.9 Å². The maximum atomic E-state index is 13.0. The number of ketones is 1. The molecule has 2 atom stereocenters. The summed E-state index contributed by atoms with van der Waals surface area (Å²) in [6.07, 6.45) is -0.558. The summed E-state index contributed by atoms with van der Waals surface area (Å²) in [6, 6.07) is 12.7. The molecule has 36 heavy (non-hydrogen) atoms. The largest absolute Gasteiger partial charge is 0.496 e. The topological polar surface area (TPSA) is 122 Å². The van der Waals surface area contributed by atoms with Crippen molar-refractivity contribution in [2.24, 2.45) is 5.92 Å². The van der Waals surface area contributed by atoms with Crippen molar-refractivity contribution in [1.29, 1.82) is 0 Å². The zero-order chi connectivity index (χ0) is 26.7. The van der Waals surface area contributed by atoms with Crippen molar-refractivity contribution in [2.75, 3.05) is 12.9 Å². The van der Waals surface area contributed by atoms with Crippen molar-refractivity contribution in [3.05, 3.63) is 64.1 Å². The fourth-order valence-electron chi connectivity index (χ4n) is 3.44. The molecule has 0 heterocycles. The van der Waals surface area contributed by atoms with Gasteiger partial charge in [-0.15, -0.1) is 11.8 Å². The molecule has 0 fully saturated rings. The molecule has 0 aliphatic carbocycles. The summed E-state index contributed by atoms with van der Waals surface area (Å²) < 4.78 is 6.08. The molecular formula is C26H31BrN2O6S. The number of nitrogens with one attached hydrogen (secondary N) is 2. The number of carbonyl (C=O) groups excluding carboxylic acids is 3. The van der Waals surface area contributed by atoms with Crippen LogP contribution >= 0.6 is 27.7 Å². The summed E-state index contributed by atoms with van der Waals surface area (Å²) >= 11 is 4.72. The molecule has 2 aromatic rings. The molecule has 0 aliphatic rings. The number of Topliss-reactive ketones (excluding diaryl/α,β-unsaturated/α-hetero) is 1. The van der Waals surface area contributed by atoms with Gasteiger partial charge in [-0.1, -0.05) is 60.1 Å². The summed E-state index contributed by atoms with van der Waals surface area (Å²) in [5.41, 5.74) is 1.68. The Labute approximate surface area is 223 Å². The Morgan fingerprint density at radius 1 is 1.06 bits per heavy atom. The van der Waals surface area contributed by atoms with Crippen LogP contribution in [0.25, 0.3) is 0 Å². The van der Waals surface area contributed by atoms with Crippen LogP contribution in [0.1, 0.15) is 31.4 Å². The lowest BCUT2D eigenvalue weighted by Gasteiger charge is -2.24. The molecule has 0 bridgehead atoms. The highest BCUT2D eigenvalue weighted by Crippen LogP contribution is 2.23. The van der Waals surface area contributed by atoms with Crippen LogP contribution in [-0.2, 0) is 31.4 Å². The third kappa shape index (κ3) is 9.66. The van der Waals surface area contributed by atoms with Gasteiger partial charge in [0, 0.05) is 15.8 Å². The summed E-state index contributed by atoms with van der Waals surface area (Å²) in [5, 5.41) is 14.5. The van der Waals surface area contributed by atoms with Crippen LogP contribution in [0.4, 0.5) is 0 Å². The highest BCUT2D eigenvalue weighted by atomic mass is 79.9. The predicted octanol–water partition coefficient (Wildman–Crippen LogP) is 3.60. The minimum absolute atomic E-state index is 0.0211. The Morgan fingerprint density at radius 2 is 1.75 bits per heavy atom. The smallest absolute Gasteiger partial charge is 0.305 e. The number of ether oxygens (including phenoxy) is 1. The lowest BCUT2D eigenvalue weighted by molar-refractivity contribution is -0.140. The van der Waals surface area contributed by atoms with Gasteiger partial charge < -0.3 is 20.5 Å². The number of thioether (sulfide) groups is 1. The third-order valence-corrected chi connectivity index (χ3v) is 6.82. The first kappa shape index (κ1) is 29.4. The third-order valence-electron chi connectivity index (χ3n) is 5.30. The van der Waals surface area contributed by atoms with Gasteiger partial charge in [0.25, 0.3) is 0 Å². The molecule has 2 aromatic carbocycles. The van der Waals surface area contributed by atoms with E-state index in [1.165, 1.54) is 18.9 Å². The first-order valence-corrected chi connectivity index (χ1v) is 13.3. The van der Waals surface area contributed by atoms with Gasteiger partial charge in [-0.25, -0.2) is 0 Å². The Bertz CT molecular complexity index is 1060. The number of amides is 2. The molecule has 0 saturated heterocycles. The van der Waals surface area contributed by atoms with Gasteiger partial charge in [0.05, 0.1) is 31.7 Å². The number of carbonyl (C=O) groups is 4. The fourth-order valence-corrected chi connectivity index (χ4v) is 4.78. The molecule has 0 spiro atoms.